The van der Waals surface area contributed by atoms with Crippen molar-refractivity contribution < 1.29 is 19.5 Å². The molecule has 0 unspecified atom stereocenters. The maximum atomic E-state index is 12.2. The summed E-state index contributed by atoms with van der Waals surface area (Å²) in [4.78, 5) is 21.2. The molecule has 0 aliphatic heterocycles. The number of likely N-dealkylation sites (N-methyl/N-ethyl adjacent to an activating group) is 1. The number of amides is 1. The fourth-order valence-corrected chi connectivity index (χ4v) is 3.28. The summed E-state index contributed by atoms with van der Waals surface area (Å²) in [5, 5.41) is 16.9. The van der Waals surface area contributed by atoms with Crippen LogP contribution in [-0.2, 0) is 22.7 Å². The van der Waals surface area contributed by atoms with Gasteiger partial charge in [-0.15, -0.1) is 0 Å². The first-order chi connectivity index (χ1) is 15.0. The van der Waals surface area contributed by atoms with E-state index in [0.29, 0.717) is 23.1 Å². The number of hydrogen-bond acceptors (Lipinski definition) is 6. The molecule has 0 atom stereocenters. The molecule has 160 valence electrons. The van der Waals surface area contributed by atoms with Gasteiger partial charge in [-0.2, -0.15) is 0 Å². The molecule has 3 rings (SSSR count). The van der Waals surface area contributed by atoms with Crippen molar-refractivity contribution in [2.24, 2.45) is 5.16 Å². The first kappa shape index (κ1) is 22.1. The van der Waals surface area contributed by atoms with Crippen molar-refractivity contribution in [1.82, 2.24) is 10.3 Å². The monoisotopic (exact) mass is 439 g/mol. The summed E-state index contributed by atoms with van der Waals surface area (Å²) >= 11 is 6.50. The minimum atomic E-state index is -0.389. The van der Waals surface area contributed by atoms with Gasteiger partial charge < -0.3 is 20.0 Å². The van der Waals surface area contributed by atoms with Gasteiger partial charge in [-0.3, -0.25) is 4.79 Å². The van der Waals surface area contributed by atoms with E-state index in [0.717, 1.165) is 5.56 Å². The summed E-state index contributed by atoms with van der Waals surface area (Å²) in [6, 6.07) is 16.8. The summed E-state index contributed by atoms with van der Waals surface area (Å²) in [6.45, 7) is 0.0815. The van der Waals surface area contributed by atoms with Crippen molar-refractivity contribution in [2.45, 2.75) is 13.0 Å². The van der Waals surface area contributed by atoms with Gasteiger partial charge in [0, 0.05) is 24.6 Å². The second-order valence-corrected chi connectivity index (χ2v) is 6.93. The molecule has 0 radical (unpaired) electrons. The zero-order valence-electron chi connectivity index (χ0n) is 17.1. The zero-order valence-corrected chi connectivity index (χ0v) is 17.9. The highest BCUT2D eigenvalue weighted by molar-refractivity contribution is 6.45. The van der Waals surface area contributed by atoms with E-state index < -0.39 is 0 Å². The second kappa shape index (κ2) is 10.4. The Kier molecular flexibility index (Phi) is 7.45. The van der Waals surface area contributed by atoms with Gasteiger partial charge >= 0.3 is 0 Å². The molecular weight excluding hydrogens is 418 g/mol. The number of rotatable bonds is 8. The molecule has 0 aliphatic rings. The second-order valence-electron chi connectivity index (χ2n) is 6.55. The van der Waals surface area contributed by atoms with E-state index in [1.54, 1.807) is 12.1 Å². The highest BCUT2D eigenvalue weighted by atomic mass is 35.5. The van der Waals surface area contributed by atoms with E-state index >= 15 is 0 Å². The number of oxime groups is 1. The Morgan fingerprint density at radius 1 is 1.16 bits per heavy atom. The van der Waals surface area contributed by atoms with Crippen molar-refractivity contribution in [3.05, 3.63) is 88.1 Å². The lowest BCUT2D eigenvalue weighted by Crippen LogP contribution is -2.29. The van der Waals surface area contributed by atoms with Crippen LogP contribution in [-0.4, -0.2) is 35.9 Å². The Hall–Kier alpha value is -3.58. The van der Waals surface area contributed by atoms with E-state index in [2.05, 4.69) is 15.5 Å². The predicted molar refractivity (Wildman–Crippen MR) is 119 cm³/mol. The summed E-state index contributed by atoms with van der Waals surface area (Å²) in [6.07, 6.45) is 1.75. The minimum Gasteiger partial charge on any atom is -0.506 e. The summed E-state index contributed by atoms with van der Waals surface area (Å²) in [5.74, 6) is -0.207. The molecule has 0 aliphatic carbocycles. The van der Waals surface area contributed by atoms with Gasteiger partial charge in [-0.1, -0.05) is 71.4 Å². The van der Waals surface area contributed by atoms with Gasteiger partial charge in [0.2, 0.25) is 5.88 Å². The number of nitrogens with one attached hydrogen (secondary N) is 1. The standard InChI is InChI=1S/C23H22ClN3O4/c1-25-22(29)21(27-30-2)17-11-7-6-10-16(17)14-31-23-20(24)18(19(28)13-26-23)12-15-8-4-3-5-9-15/h3-11,13,28H,12,14H2,1-2H3,(H,25,29). The largest absolute Gasteiger partial charge is 0.506 e. The summed E-state index contributed by atoms with van der Waals surface area (Å²) < 4.78 is 5.86. The van der Waals surface area contributed by atoms with E-state index in [4.69, 9.17) is 21.2 Å². The Labute approximate surface area is 185 Å². The molecule has 7 nitrogen and oxygen atoms in total. The Morgan fingerprint density at radius 3 is 2.58 bits per heavy atom. The number of ether oxygens (including phenoxy) is 1. The molecule has 31 heavy (non-hydrogen) atoms. The number of carbonyl (C=O) groups is 1. The third-order valence-electron chi connectivity index (χ3n) is 4.55. The van der Waals surface area contributed by atoms with Gasteiger partial charge in [0.25, 0.3) is 5.91 Å². The Bertz CT molecular complexity index is 1090. The van der Waals surface area contributed by atoms with Crippen molar-refractivity contribution in [2.75, 3.05) is 14.2 Å². The van der Waals surface area contributed by atoms with Crippen LogP contribution in [0.25, 0.3) is 0 Å². The molecule has 1 amide bonds. The van der Waals surface area contributed by atoms with Crippen molar-refractivity contribution in [1.29, 1.82) is 0 Å². The molecule has 0 fully saturated rings. The Morgan fingerprint density at radius 2 is 1.87 bits per heavy atom. The Balaban J connectivity index is 1.86. The highest BCUT2D eigenvalue weighted by Gasteiger charge is 2.19. The van der Waals surface area contributed by atoms with Crippen LogP contribution < -0.4 is 10.1 Å². The molecule has 0 saturated carbocycles. The van der Waals surface area contributed by atoms with Crippen LogP contribution in [0.5, 0.6) is 11.6 Å². The summed E-state index contributed by atoms with van der Waals surface area (Å²) in [7, 11) is 2.89. The van der Waals surface area contributed by atoms with Gasteiger partial charge in [-0.05, 0) is 11.1 Å². The molecule has 8 heteroatoms. The number of benzene rings is 2. The van der Waals surface area contributed by atoms with Crippen LogP contribution in [0.15, 0.2) is 65.9 Å². The van der Waals surface area contributed by atoms with Crippen LogP contribution in [0.2, 0.25) is 5.02 Å². The van der Waals surface area contributed by atoms with E-state index in [9.17, 15) is 9.90 Å². The molecule has 0 saturated heterocycles. The third kappa shape index (κ3) is 5.32. The van der Waals surface area contributed by atoms with Crippen LogP contribution in [0.4, 0.5) is 0 Å². The van der Waals surface area contributed by atoms with Crippen LogP contribution in [0, 0.1) is 0 Å². The maximum Gasteiger partial charge on any atom is 0.273 e. The number of aromatic hydroxyl groups is 1. The van der Waals surface area contributed by atoms with E-state index in [1.165, 1.54) is 20.4 Å². The number of aromatic nitrogens is 1. The molecule has 1 heterocycles. The predicted octanol–water partition coefficient (Wildman–Crippen LogP) is 3.71. The fraction of sp³-hybridized carbons (Fsp3) is 0.174. The molecule has 0 bridgehead atoms. The fourth-order valence-electron chi connectivity index (χ4n) is 3.01. The third-order valence-corrected chi connectivity index (χ3v) is 4.94. The normalized spacial score (nSPS) is 11.1. The number of nitrogens with zero attached hydrogens (tertiary/aromatic N) is 2. The molecule has 2 aromatic carbocycles. The average Bonchev–Trinajstić information content (AvgIpc) is 2.80. The van der Waals surface area contributed by atoms with Gasteiger partial charge in [0.1, 0.15) is 24.5 Å². The van der Waals surface area contributed by atoms with E-state index in [-0.39, 0.29) is 34.9 Å². The average molecular weight is 440 g/mol. The number of pyridine rings is 1. The summed E-state index contributed by atoms with van der Waals surface area (Å²) in [5.41, 5.74) is 2.89. The molecule has 2 N–H and O–H groups in total. The number of hydrogen-bond donors (Lipinski definition) is 2. The molecule has 1 aromatic heterocycles. The molecular formula is C23H22ClN3O4. The quantitative estimate of drug-likeness (QED) is 0.412. The lowest BCUT2D eigenvalue weighted by atomic mass is 10.0. The van der Waals surface area contributed by atoms with Gasteiger partial charge in [0.15, 0.2) is 5.71 Å². The lowest BCUT2D eigenvalue weighted by molar-refractivity contribution is -0.114. The molecule has 0 spiro atoms. The zero-order chi connectivity index (χ0) is 22.2. The first-order valence-electron chi connectivity index (χ1n) is 9.49. The first-order valence-corrected chi connectivity index (χ1v) is 9.87. The minimum absolute atomic E-state index is 0.00395. The SMILES string of the molecule is CNC(=O)C(=NOC)c1ccccc1COc1ncc(O)c(Cc2ccccc2)c1Cl. The topological polar surface area (TPSA) is 93.0 Å². The van der Waals surface area contributed by atoms with Gasteiger partial charge in [-0.25, -0.2) is 4.98 Å². The maximum absolute atomic E-state index is 12.2. The smallest absolute Gasteiger partial charge is 0.273 e. The lowest BCUT2D eigenvalue weighted by Gasteiger charge is -2.14. The van der Waals surface area contributed by atoms with Crippen LogP contribution >= 0.6 is 11.6 Å². The van der Waals surface area contributed by atoms with Crippen molar-refractivity contribution >= 4 is 23.2 Å². The van der Waals surface area contributed by atoms with Gasteiger partial charge in [0.05, 0.1) is 6.20 Å². The number of halogens is 1. The highest BCUT2D eigenvalue weighted by Crippen LogP contribution is 2.34. The van der Waals surface area contributed by atoms with Crippen LogP contribution in [0.1, 0.15) is 22.3 Å². The number of carbonyl (C=O) groups excluding carboxylic acids is 1. The van der Waals surface area contributed by atoms with E-state index in [1.807, 2.05) is 42.5 Å². The van der Waals surface area contributed by atoms with Crippen LogP contribution in [0.3, 0.4) is 0 Å². The van der Waals surface area contributed by atoms with Crippen molar-refractivity contribution in [3.63, 3.8) is 0 Å². The molecule has 3 aromatic rings. The van der Waals surface area contributed by atoms with Crippen molar-refractivity contribution in [3.8, 4) is 11.6 Å².